The summed E-state index contributed by atoms with van der Waals surface area (Å²) < 4.78 is 16.2. The number of nitrogens with zero attached hydrogens (tertiary/aromatic N) is 2. The average molecular weight is 313 g/mol. The van der Waals surface area contributed by atoms with Crippen LogP contribution in [0, 0.1) is 6.92 Å². The van der Waals surface area contributed by atoms with E-state index in [1.807, 2.05) is 0 Å². The summed E-state index contributed by atoms with van der Waals surface area (Å²) in [4.78, 5) is 23.2. The normalized spacial score (nSPS) is 10.5. The molecule has 2 aromatic rings. The van der Waals surface area contributed by atoms with Crippen molar-refractivity contribution in [2.75, 3.05) is 7.11 Å². The molecule has 2 rings (SSSR count). The highest BCUT2D eigenvalue weighted by atomic mass is 35.5. The minimum atomic E-state index is -0.610. The lowest BCUT2D eigenvalue weighted by atomic mass is 10.3. The summed E-state index contributed by atoms with van der Waals surface area (Å²) in [6, 6.07) is 2.97. The van der Waals surface area contributed by atoms with E-state index in [0.717, 1.165) is 0 Å². The molecule has 0 radical (unpaired) electrons. The molecule has 0 saturated carbocycles. The van der Waals surface area contributed by atoms with Crippen LogP contribution in [0.4, 0.5) is 0 Å². The monoisotopic (exact) mass is 312 g/mol. The Morgan fingerprint density at radius 1 is 1.38 bits per heavy atom. The van der Waals surface area contributed by atoms with Gasteiger partial charge in [-0.15, -0.1) is 0 Å². The van der Waals surface area contributed by atoms with Crippen LogP contribution < -0.4 is 0 Å². The van der Waals surface area contributed by atoms with E-state index in [4.69, 9.17) is 20.8 Å². The molecule has 0 atom stereocenters. The average Bonchev–Trinajstić information content (AvgIpc) is 3.01. The highest BCUT2D eigenvalue weighted by Crippen LogP contribution is 2.20. The predicted octanol–water partition coefficient (Wildman–Crippen LogP) is 2.12. The maximum Gasteiger partial charge on any atom is 0.373 e. The molecule has 2 heterocycles. The number of esters is 2. The van der Waals surface area contributed by atoms with Crippen LogP contribution in [0.2, 0.25) is 5.15 Å². The number of aryl methyl sites for hydroxylation is 2. The van der Waals surface area contributed by atoms with Gasteiger partial charge in [-0.2, -0.15) is 5.10 Å². The van der Waals surface area contributed by atoms with E-state index in [1.54, 1.807) is 14.0 Å². The van der Waals surface area contributed by atoms with Crippen molar-refractivity contribution in [3.63, 3.8) is 0 Å². The predicted molar refractivity (Wildman–Crippen MR) is 72.1 cm³/mol. The van der Waals surface area contributed by atoms with E-state index in [0.29, 0.717) is 11.5 Å². The first-order valence-electron chi connectivity index (χ1n) is 5.97. The molecule has 0 N–H and O–H groups in total. The third-order valence-corrected chi connectivity index (χ3v) is 3.18. The fraction of sp³-hybridized carbons (Fsp3) is 0.308. The van der Waals surface area contributed by atoms with Crippen LogP contribution >= 0.6 is 11.6 Å². The van der Waals surface area contributed by atoms with Gasteiger partial charge in [-0.25, -0.2) is 9.59 Å². The lowest BCUT2D eigenvalue weighted by molar-refractivity contribution is 0.0437. The second-order valence-corrected chi connectivity index (χ2v) is 4.57. The lowest BCUT2D eigenvalue weighted by Gasteiger charge is -2.02. The Kier molecular flexibility index (Phi) is 4.32. The van der Waals surface area contributed by atoms with E-state index < -0.39 is 11.9 Å². The van der Waals surface area contributed by atoms with Crippen molar-refractivity contribution in [3.05, 3.63) is 40.1 Å². The summed E-state index contributed by atoms with van der Waals surface area (Å²) in [6.07, 6.45) is 0. The molecule has 0 amide bonds. The van der Waals surface area contributed by atoms with E-state index >= 15 is 0 Å². The Morgan fingerprint density at radius 2 is 2.10 bits per heavy atom. The van der Waals surface area contributed by atoms with Crippen molar-refractivity contribution in [3.8, 4) is 0 Å². The topological polar surface area (TPSA) is 83.6 Å². The van der Waals surface area contributed by atoms with Crippen molar-refractivity contribution in [1.82, 2.24) is 9.78 Å². The van der Waals surface area contributed by atoms with Gasteiger partial charge < -0.3 is 13.9 Å². The minimum absolute atomic E-state index is 0.0409. The lowest BCUT2D eigenvalue weighted by Crippen LogP contribution is -2.06. The fourth-order valence-corrected chi connectivity index (χ4v) is 1.99. The first-order valence-corrected chi connectivity index (χ1v) is 6.35. The molecule has 21 heavy (non-hydrogen) atoms. The summed E-state index contributed by atoms with van der Waals surface area (Å²) >= 11 is 5.97. The summed E-state index contributed by atoms with van der Waals surface area (Å²) in [6.45, 7) is 1.53. The minimum Gasteiger partial charge on any atom is -0.463 e. The molecule has 0 bridgehead atoms. The molecule has 0 aromatic carbocycles. The first-order chi connectivity index (χ1) is 9.93. The first kappa shape index (κ1) is 15.1. The molecule has 112 valence electrons. The second kappa shape index (κ2) is 6.01. The zero-order valence-electron chi connectivity index (χ0n) is 11.7. The van der Waals surface area contributed by atoms with E-state index in [9.17, 15) is 9.59 Å². The van der Waals surface area contributed by atoms with Crippen LogP contribution in [-0.2, 0) is 23.1 Å². The summed E-state index contributed by atoms with van der Waals surface area (Å²) in [5.74, 6) is -0.846. The van der Waals surface area contributed by atoms with Crippen molar-refractivity contribution in [2.45, 2.75) is 13.5 Å². The molecular weight excluding hydrogens is 300 g/mol. The van der Waals surface area contributed by atoms with Crippen molar-refractivity contribution in [2.24, 2.45) is 7.05 Å². The number of carbonyl (C=O) groups excluding carboxylic acids is 2. The molecular formula is C13H13ClN2O5. The zero-order chi connectivity index (χ0) is 15.6. The standard InChI is InChI=1S/C13H13ClN2O5/c1-7-10(11(14)16(2)15-7)13(18)20-6-8-4-5-9(21-8)12(17)19-3/h4-5H,6H2,1-3H3. The SMILES string of the molecule is COC(=O)c1ccc(COC(=O)c2c(C)nn(C)c2Cl)o1. The maximum atomic E-state index is 12.0. The number of aromatic nitrogens is 2. The largest absolute Gasteiger partial charge is 0.463 e. The third kappa shape index (κ3) is 3.08. The molecule has 7 nitrogen and oxygen atoms in total. The van der Waals surface area contributed by atoms with Gasteiger partial charge in [0.1, 0.15) is 23.1 Å². The summed E-state index contributed by atoms with van der Waals surface area (Å²) in [5, 5.41) is 4.23. The molecule has 0 fully saturated rings. The van der Waals surface area contributed by atoms with Crippen molar-refractivity contribution in [1.29, 1.82) is 0 Å². The van der Waals surface area contributed by atoms with Gasteiger partial charge in [-0.1, -0.05) is 11.6 Å². The van der Waals surface area contributed by atoms with Gasteiger partial charge in [-0.05, 0) is 19.1 Å². The Labute approximate surface area is 125 Å². The number of halogens is 1. The van der Waals surface area contributed by atoms with Crippen LogP contribution in [0.5, 0.6) is 0 Å². The number of hydrogen-bond donors (Lipinski definition) is 0. The third-order valence-electron chi connectivity index (χ3n) is 2.75. The quantitative estimate of drug-likeness (QED) is 0.804. The summed E-state index contributed by atoms with van der Waals surface area (Å²) in [7, 11) is 2.87. The van der Waals surface area contributed by atoms with Crippen LogP contribution in [0.15, 0.2) is 16.5 Å². The van der Waals surface area contributed by atoms with E-state index in [2.05, 4.69) is 9.84 Å². The molecule has 0 spiro atoms. The number of carbonyl (C=O) groups is 2. The molecule has 0 saturated heterocycles. The van der Waals surface area contributed by atoms with Crippen molar-refractivity contribution < 1.29 is 23.5 Å². The van der Waals surface area contributed by atoms with E-state index in [-0.39, 0.29) is 23.1 Å². The number of rotatable bonds is 4. The molecule has 0 unspecified atom stereocenters. The smallest absolute Gasteiger partial charge is 0.373 e. The van der Waals surface area contributed by atoms with Gasteiger partial charge in [0.2, 0.25) is 5.76 Å². The number of furan rings is 1. The number of ether oxygens (including phenoxy) is 2. The van der Waals surface area contributed by atoms with E-state index in [1.165, 1.54) is 23.9 Å². The molecule has 0 aliphatic carbocycles. The highest BCUT2D eigenvalue weighted by Gasteiger charge is 2.21. The van der Waals surface area contributed by atoms with Crippen LogP contribution in [0.25, 0.3) is 0 Å². The van der Waals surface area contributed by atoms with Gasteiger partial charge in [-0.3, -0.25) is 4.68 Å². The van der Waals surface area contributed by atoms with Crippen LogP contribution in [0.1, 0.15) is 32.4 Å². The highest BCUT2D eigenvalue weighted by molar-refractivity contribution is 6.32. The van der Waals surface area contributed by atoms with Crippen LogP contribution in [0.3, 0.4) is 0 Å². The number of hydrogen-bond acceptors (Lipinski definition) is 6. The summed E-state index contributed by atoms with van der Waals surface area (Å²) in [5.41, 5.74) is 0.682. The van der Waals surface area contributed by atoms with Gasteiger partial charge in [0.25, 0.3) is 0 Å². The molecule has 0 aliphatic rings. The fourth-order valence-electron chi connectivity index (χ4n) is 1.74. The van der Waals surface area contributed by atoms with Gasteiger partial charge in [0, 0.05) is 7.05 Å². The number of methoxy groups -OCH3 is 1. The molecule has 8 heteroatoms. The Balaban J connectivity index is 2.04. The van der Waals surface area contributed by atoms with Gasteiger partial charge >= 0.3 is 11.9 Å². The second-order valence-electron chi connectivity index (χ2n) is 4.21. The zero-order valence-corrected chi connectivity index (χ0v) is 12.4. The van der Waals surface area contributed by atoms with Gasteiger partial charge in [0.05, 0.1) is 12.8 Å². The van der Waals surface area contributed by atoms with Crippen molar-refractivity contribution >= 4 is 23.5 Å². The molecule has 0 aliphatic heterocycles. The Morgan fingerprint density at radius 3 is 2.67 bits per heavy atom. The Bertz CT molecular complexity index is 689. The Hall–Kier alpha value is -2.28. The maximum absolute atomic E-state index is 12.0. The molecule has 2 aromatic heterocycles. The van der Waals surface area contributed by atoms with Gasteiger partial charge in [0.15, 0.2) is 0 Å². The van der Waals surface area contributed by atoms with Crippen LogP contribution in [-0.4, -0.2) is 28.8 Å².